The van der Waals surface area contributed by atoms with Crippen LogP contribution in [0, 0.1) is 11.3 Å². The smallest absolute Gasteiger partial charge is 0.110 e. The van der Waals surface area contributed by atoms with Crippen LogP contribution in [0.3, 0.4) is 0 Å². The second kappa shape index (κ2) is 5.15. The van der Waals surface area contributed by atoms with Crippen LogP contribution in [-0.4, -0.2) is 0 Å². The van der Waals surface area contributed by atoms with E-state index in [1.807, 2.05) is 36.4 Å². The monoisotopic (exact) mass is 292 g/mol. The number of hydrogen-bond donors (Lipinski definition) is 1. The molecule has 2 rings (SSSR count). The summed E-state index contributed by atoms with van der Waals surface area (Å²) >= 11 is 5.00. The van der Waals surface area contributed by atoms with Crippen molar-refractivity contribution in [3.8, 4) is 6.07 Å². The Morgan fingerprint density at radius 3 is 2.75 bits per heavy atom. The Bertz CT molecular complexity index is 528. The van der Waals surface area contributed by atoms with Crippen molar-refractivity contribution < 1.29 is 0 Å². The molecule has 0 spiro atoms. The maximum Gasteiger partial charge on any atom is 0.110 e. The lowest BCUT2D eigenvalue weighted by atomic mass is 10.3. The molecule has 0 saturated carbocycles. The SMILES string of the molecule is N#Cc1ccc(CNc2ccccc2Br)s1. The lowest BCUT2D eigenvalue weighted by molar-refractivity contribution is 1.19. The number of benzene rings is 1. The van der Waals surface area contributed by atoms with Gasteiger partial charge < -0.3 is 5.32 Å². The van der Waals surface area contributed by atoms with Gasteiger partial charge in [0.2, 0.25) is 0 Å². The number of nitriles is 1. The molecule has 0 aliphatic heterocycles. The average molecular weight is 293 g/mol. The third kappa shape index (κ3) is 2.63. The molecular formula is C12H9BrN2S. The predicted molar refractivity (Wildman–Crippen MR) is 70.5 cm³/mol. The Labute approximate surface area is 107 Å². The molecule has 2 nitrogen and oxygen atoms in total. The van der Waals surface area contributed by atoms with Crippen molar-refractivity contribution in [2.24, 2.45) is 0 Å². The minimum absolute atomic E-state index is 0.745. The highest BCUT2D eigenvalue weighted by atomic mass is 79.9. The van der Waals surface area contributed by atoms with Crippen LogP contribution in [-0.2, 0) is 6.54 Å². The standard InChI is InChI=1S/C12H9BrN2S/c13-11-3-1-2-4-12(11)15-8-10-6-5-9(7-14)16-10/h1-6,15H,8H2. The summed E-state index contributed by atoms with van der Waals surface area (Å²) in [6.45, 7) is 0.745. The fraction of sp³-hybridized carbons (Fsp3) is 0.0833. The van der Waals surface area contributed by atoms with Gasteiger partial charge in [0.1, 0.15) is 10.9 Å². The van der Waals surface area contributed by atoms with E-state index in [0.717, 1.165) is 26.5 Å². The van der Waals surface area contributed by atoms with Crippen LogP contribution < -0.4 is 5.32 Å². The normalized spacial score (nSPS) is 9.75. The average Bonchev–Trinajstić information content (AvgIpc) is 2.76. The van der Waals surface area contributed by atoms with E-state index >= 15 is 0 Å². The molecule has 0 aliphatic rings. The lowest BCUT2D eigenvalue weighted by Gasteiger charge is -2.06. The molecule has 0 atom stereocenters. The van der Waals surface area contributed by atoms with Gasteiger partial charge in [0.15, 0.2) is 0 Å². The maximum atomic E-state index is 8.71. The first kappa shape index (κ1) is 11.2. The summed E-state index contributed by atoms with van der Waals surface area (Å²) in [5.41, 5.74) is 1.06. The first-order chi connectivity index (χ1) is 7.79. The van der Waals surface area contributed by atoms with E-state index in [2.05, 4.69) is 27.3 Å². The number of thiophene rings is 1. The Hall–Kier alpha value is -1.31. The maximum absolute atomic E-state index is 8.71. The van der Waals surface area contributed by atoms with Crippen molar-refractivity contribution in [1.82, 2.24) is 0 Å². The second-order valence-electron chi connectivity index (χ2n) is 3.21. The molecule has 1 aromatic carbocycles. The minimum atomic E-state index is 0.745. The zero-order valence-corrected chi connectivity index (χ0v) is 10.8. The Kier molecular flexibility index (Phi) is 3.60. The summed E-state index contributed by atoms with van der Waals surface area (Å²) in [5, 5.41) is 12.0. The van der Waals surface area contributed by atoms with Gasteiger partial charge in [-0.2, -0.15) is 5.26 Å². The molecule has 0 radical (unpaired) electrons. The highest BCUT2D eigenvalue weighted by Crippen LogP contribution is 2.23. The number of nitrogens with one attached hydrogen (secondary N) is 1. The summed E-state index contributed by atoms with van der Waals surface area (Å²) in [4.78, 5) is 1.91. The molecule has 1 heterocycles. The summed E-state index contributed by atoms with van der Waals surface area (Å²) in [5.74, 6) is 0. The third-order valence-electron chi connectivity index (χ3n) is 2.10. The molecule has 1 N–H and O–H groups in total. The molecule has 80 valence electrons. The van der Waals surface area contributed by atoms with Crippen LogP contribution in [0.1, 0.15) is 9.75 Å². The van der Waals surface area contributed by atoms with E-state index in [0.29, 0.717) is 0 Å². The van der Waals surface area contributed by atoms with Crippen molar-refractivity contribution in [1.29, 1.82) is 5.26 Å². The molecular weight excluding hydrogens is 284 g/mol. The number of hydrogen-bond acceptors (Lipinski definition) is 3. The van der Waals surface area contributed by atoms with Crippen LogP contribution in [0.4, 0.5) is 5.69 Å². The Morgan fingerprint density at radius 2 is 2.06 bits per heavy atom. The summed E-state index contributed by atoms with van der Waals surface area (Å²) in [7, 11) is 0. The molecule has 4 heteroatoms. The van der Waals surface area contributed by atoms with Crippen LogP contribution >= 0.6 is 27.3 Å². The molecule has 0 bridgehead atoms. The van der Waals surface area contributed by atoms with Crippen LogP contribution in [0.25, 0.3) is 0 Å². The Morgan fingerprint density at radius 1 is 1.25 bits per heavy atom. The topological polar surface area (TPSA) is 35.8 Å². The fourth-order valence-corrected chi connectivity index (χ4v) is 2.49. The highest BCUT2D eigenvalue weighted by Gasteiger charge is 2.01. The van der Waals surface area contributed by atoms with Gasteiger partial charge in [0, 0.05) is 21.6 Å². The van der Waals surface area contributed by atoms with E-state index in [-0.39, 0.29) is 0 Å². The molecule has 16 heavy (non-hydrogen) atoms. The summed E-state index contributed by atoms with van der Waals surface area (Å²) < 4.78 is 1.05. The molecule has 0 aliphatic carbocycles. The van der Waals surface area contributed by atoms with E-state index in [1.165, 1.54) is 11.3 Å². The van der Waals surface area contributed by atoms with Crippen LogP contribution in [0.2, 0.25) is 0 Å². The van der Waals surface area contributed by atoms with Gasteiger partial charge in [-0.3, -0.25) is 0 Å². The summed E-state index contributed by atoms with van der Waals surface area (Å²) in [6, 6.07) is 13.9. The number of nitrogens with zero attached hydrogens (tertiary/aromatic N) is 1. The molecule has 1 aromatic heterocycles. The van der Waals surface area contributed by atoms with Crippen LogP contribution in [0.15, 0.2) is 40.9 Å². The van der Waals surface area contributed by atoms with Crippen molar-refractivity contribution in [3.63, 3.8) is 0 Å². The van der Waals surface area contributed by atoms with Crippen molar-refractivity contribution in [2.75, 3.05) is 5.32 Å². The Balaban J connectivity index is 2.03. The fourth-order valence-electron chi connectivity index (χ4n) is 1.32. The summed E-state index contributed by atoms with van der Waals surface area (Å²) in [6.07, 6.45) is 0. The number of para-hydroxylation sites is 1. The minimum Gasteiger partial charge on any atom is -0.379 e. The zero-order chi connectivity index (χ0) is 11.4. The number of halogens is 1. The number of rotatable bonds is 3. The van der Waals surface area contributed by atoms with Gasteiger partial charge in [0.05, 0.1) is 0 Å². The molecule has 0 fully saturated rings. The lowest BCUT2D eigenvalue weighted by Crippen LogP contribution is -1.97. The van der Waals surface area contributed by atoms with Gasteiger partial charge in [-0.1, -0.05) is 12.1 Å². The zero-order valence-electron chi connectivity index (χ0n) is 8.40. The third-order valence-corrected chi connectivity index (χ3v) is 3.78. The second-order valence-corrected chi connectivity index (χ2v) is 5.23. The van der Waals surface area contributed by atoms with Crippen LogP contribution in [0.5, 0.6) is 0 Å². The largest absolute Gasteiger partial charge is 0.379 e. The quantitative estimate of drug-likeness (QED) is 0.928. The van der Waals surface area contributed by atoms with E-state index < -0.39 is 0 Å². The van der Waals surface area contributed by atoms with E-state index in [1.54, 1.807) is 0 Å². The van der Waals surface area contributed by atoms with Gasteiger partial charge in [-0.05, 0) is 40.2 Å². The molecule has 0 saturated heterocycles. The van der Waals surface area contributed by atoms with Crippen molar-refractivity contribution >= 4 is 33.0 Å². The first-order valence-electron chi connectivity index (χ1n) is 4.77. The number of anilines is 1. The van der Waals surface area contributed by atoms with Gasteiger partial charge >= 0.3 is 0 Å². The van der Waals surface area contributed by atoms with Crippen molar-refractivity contribution in [3.05, 3.63) is 50.6 Å². The van der Waals surface area contributed by atoms with E-state index in [9.17, 15) is 0 Å². The van der Waals surface area contributed by atoms with Gasteiger partial charge in [-0.15, -0.1) is 11.3 Å². The van der Waals surface area contributed by atoms with E-state index in [4.69, 9.17) is 5.26 Å². The highest BCUT2D eigenvalue weighted by molar-refractivity contribution is 9.10. The first-order valence-corrected chi connectivity index (χ1v) is 6.38. The van der Waals surface area contributed by atoms with Gasteiger partial charge in [0.25, 0.3) is 0 Å². The molecule has 0 amide bonds. The predicted octanol–water partition coefficient (Wildman–Crippen LogP) is 3.99. The molecule has 0 unspecified atom stereocenters. The van der Waals surface area contributed by atoms with Gasteiger partial charge in [-0.25, -0.2) is 0 Å². The molecule has 2 aromatic rings. The van der Waals surface area contributed by atoms with Crippen molar-refractivity contribution in [2.45, 2.75) is 6.54 Å².